The number of alkyl halides is 2. The molecule has 0 aromatic heterocycles. The molecule has 0 unspecified atom stereocenters. The van der Waals surface area contributed by atoms with Crippen LogP contribution in [0, 0.1) is 0 Å². The van der Waals surface area contributed by atoms with Gasteiger partial charge >= 0.3 is 6.61 Å². The number of amides is 1. The van der Waals surface area contributed by atoms with Gasteiger partial charge in [-0.25, -0.2) is 12.7 Å². The Bertz CT molecular complexity index is 608. The van der Waals surface area contributed by atoms with Gasteiger partial charge in [-0.1, -0.05) is 6.07 Å². The first kappa shape index (κ1) is 18.3. The number of carbonyl (C=O) groups is 1. The molecule has 0 atom stereocenters. The Morgan fingerprint density at radius 2 is 2.09 bits per heavy atom. The molecule has 0 heterocycles. The number of rotatable bonds is 8. The summed E-state index contributed by atoms with van der Waals surface area (Å²) in [6.07, 6.45) is 1.53. The van der Waals surface area contributed by atoms with E-state index in [0.29, 0.717) is 6.42 Å². The molecule has 1 aromatic rings. The lowest BCUT2D eigenvalue weighted by atomic mass is 10.2. The molecule has 0 spiro atoms. The van der Waals surface area contributed by atoms with Crippen molar-refractivity contribution in [3.63, 3.8) is 0 Å². The van der Waals surface area contributed by atoms with Crippen LogP contribution in [0.3, 0.4) is 0 Å². The average Bonchev–Trinajstić information content (AvgIpc) is 2.41. The summed E-state index contributed by atoms with van der Waals surface area (Å²) in [6.45, 7) is -2.42. The molecule has 6 nitrogen and oxygen atoms in total. The second kappa shape index (κ2) is 8.04. The molecule has 0 aliphatic rings. The van der Waals surface area contributed by atoms with Crippen LogP contribution < -0.4 is 10.1 Å². The third-order valence-electron chi connectivity index (χ3n) is 2.82. The van der Waals surface area contributed by atoms with E-state index in [9.17, 15) is 22.0 Å². The van der Waals surface area contributed by atoms with Gasteiger partial charge in [0.25, 0.3) is 5.91 Å². The lowest BCUT2D eigenvalue weighted by molar-refractivity contribution is -0.0498. The quantitative estimate of drug-likeness (QED) is 0.726. The molecule has 0 saturated heterocycles. The first-order chi connectivity index (χ1) is 10.2. The van der Waals surface area contributed by atoms with Gasteiger partial charge in [-0.2, -0.15) is 8.78 Å². The van der Waals surface area contributed by atoms with Crippen molar-refractivity contribution in [3.8, 4) is 5.75 Å². The minimum Gasteiger partial charge on any atom is -0.435 e. The average molecular weight is 336 g/mol. The molecule has 22 heavy (non-hydrogen) atoms. The Labute approximate surface area is 128 Å². The lowest BCUT2D eigenvalue weighted by Gasteiger charge is -2.14. The number of nitrogens with zero attached hydrogens (tertiary/aromatic N) is 1. The first-order valence-electron chi connectivity index (χ1n) is 6.44. The van der Waals surface area contributed by atoms with Gasteiger partial charge in [-0.15, -0.1) is 0 Å². The van der Waals surface area contributed by atoms with Crippen LogP contribution in [-0.2, 0) is 10.0 Å². The van der Waals surface area contributed by atoms with E-state index in [1.165, 1.54) is 35.6 Å². The standard InChI is InChI=1S/C13H18F2N2O4S/c1-17(22(2,19)20)8-4-7-16-12(18)10-5-3-6-11(9-10)21-13(14)15/h3,5-6,9,13H,4,7-8H2,1-2H3,(H,16,18). The van der Waals surface area contributed by atoms with E-state index in [2.05, 4.69) is 10.1 Å². The number of ether oxygens (including phenoxy) is 1. The summed E-state index contributed by atoms with van der Waals surface area (Å²) in [6, 6.07) is 5.44. The van der Waals surface area contributed by atoms with E-state index in [-0.39, 0.29) is 24.4 Å². The number of halogens is 2. The van der Waals surface area contributed by atoms with Gasteiger partial charge in [0, 0.05) is 25.7 Å². The Morgan fingerprint density at radius 1 is 1.41 bits per heavy atom. The molecule has 0 fully saturated rings. The van der Waals surface area contributed by atoms with Gasteiger partial charge in [0.05, 0.1) is 6.26 Å². The zero-order valence-electron chi connectivity index (χ0n) is 12.3. The van der Waals surface area contributed by atoms with Crippen molar-refractivity contribution >= 4 is 15.9 Å². The Kier molecular flexibility index (Phi) is 6.69. The predicted molar refractivity (Wildman–Crippen MR) is 77.5 cm³/mol. The fraction of sp³-hybridized carbons (Fsp3) is 0.462. The minimum absolute atomic E-state index is 0.0977. The highest BCUT2D eigenvalue weighted by Gasteiger charge is 2.11. The van der Waals surface area contributed by atoms with E-state index in [1.807, 2.05) is 0 Å². The predicted octanol–water partition coefficient (Wildman–Crippen LogP) is 1.30. The van der Waals surface area contributed by atoms with Crippen molar-refractivity contribution in [1.82, 2.24) is 9.62 Å². The van der Waals surface area contributed by atoms with Crippen LogP contribution in [0.15, 0.2) is 24.3 Å². The first-order valence-corrected chi connectivity index (χ1v) is 8.29. The third kappa shape index (κ3) is 6.35. The van der Waals surface area contributed by atoms with Crippen molar-refractivity contribution in [2.24, 2.45) is 0 Å². The molecule has 0 radical (unpaired) electrons. The summed E-state index contributed by atoms with van der Waals surface area (Å²) in [7, 11) is -1.79. The van der Waals surface area contributed by atoms with Gasteiger partial charge in [0.2, 0.25) is 10.0 Å². The van der Waals surface area contributed by atoms with Gasteiger partial charge in [0.15, 0.2) is 0 Å². The van der Waals surface area contributed by atoms with Crippen molar-refractivity contribution in [2.45, 2.75) is 13.0 Å². The van der Waals surface area contributed by atoms with E-state index in [0.717, 1.165) is 6.26 Å². The molecule has 1 amide bonds. The largest absolute Gasteiger partial charge is 0.435 e. The van der Waals surface area contributed by atoms with Crippen LogP contribution in [0.25, 0.3) is 0 Å². The summed E-state index contributed by atoms with van der Waals surface area (Å²) in [5.74, 6) is -0.541. The Balaban J connectivity index is 2.46. The monoisotopic (exact) mass is 336 g/mol. The Hall–Kier alpha value is -1.74. The summed E-state index contributed by atoms with van der Waals surface area (Å²) >= 11 is 0. The summed E-state index contributed by atoms with van der Waals surface area (Å²) in [4.78, 5) is 11.8. The van der Waals surface area contributed by atoms with Gasteiger partial charge in [0.1, 0.15) is 5.75 Å². The van der Waals surface area contributed by atoms with Crippen LogP contribution in [-0.4, -0.2) is 51.6 Å². The molecular formula is C13H18F2N2O4S. The third-order valence-corrected chi connectivity index (χ3v) is 4.14. The molecule has 0 saturated carbocycles. The lowest BCUT2D eigenvalue weighted by Crippen LogP contribution is -2.30. The van der Waals surface area contributed by atoms with Crippen LogP contribution in [0.2, 0.25) is 0 Å². The van der Waals surface area contributed by atoms with Crippen molar-refractivity contribution < 1.29 is 26.7 Å². The second-order valence-corrected chi connectivity index (χ2v) is 6.69. The highest BCUT2D eigenvalue weighted by molar-refractivity contribution is 7.88. The van der Waals surface area contributed by atoms with Crippen molar-refractivity contribution in [3.05, 3.63) is 29.8 Å². The van der Waals surface area contributed by atoms with Gasteiger partial charge < -0.3 is 10.1 Å². The number of hydrogen-bond donors (Lipinski definition) is 1. The smallest absolute Gasteiger partial charge is 0.387 e. The summed E-state index contributed by atoms with van der Waals surface area (Å²) in [5, 5.41) is 2.58. The van der Waals surface area contributed by atoms with Crippen LogP contribution >= 0.6 is 0 Å². The zero-order chi connectivity index (χ0) is 16.8. The minimum atomic E-state index is -3.24. The number of nitrogens with one attached hydrogen (secondary N) is 1. The topological polar surface area (TPSA) is 75.7 Å². The number of hydrogen-bond acceptors (Lipinski definition) is 4. The highest BCUT2D eigenvalue weighted by Crippen LogP contribution is 2.15. The molecule has 1 aromatic carbocycles. The Morgan fingerprint density at radius 3 is 2.68 bits per heavy atom. The van der Waals surface area contributed by atoms with Crippen LogP contribution in [0.5, 0.6) is 5.75 Å². The summed E-state index contributed by atoms with van der Waals surface area (Å²) in [5.41, 5.74) is 0.189. The second-order valence-electron chi connectivity index (χ2n) is 4.60. The maximum absolute atomic E-state index is 12.1. The fourth-order valence-electron chi connectivity index (χ4n) is 1.59. The molecule has 0 aliphatic heterocycles. The van der Waals surface area contributed by atoms with Crippen molar-refractivity contribution in [1.29, 1.82) is 0 Å². The zero-order valence-corrected chi connectivity index (χ0v) is 13.1. The van der Waals surface area contributed by atoms with Crippen LogP contribution in [0.1, 0.15) is 16.8 Å². The maximum atomic E-state index is 12.1. The number of sulfonamides is 1. The fourth-order valence-corrected chi connectivity index (χ4v) is 2.05. The highest BCUT2D eigenvalue weighted by atomic mass is 32.2. The summed E-state index contributed by atoms with van der Waals surface area (Å²) < 4.78 is 51.9. The van der Waals surface area contributed by atoms with E-state index < -0.39 is 22.5 Å². The van der Waals surface area contributed by atoms with Crippen LogP contribution in [0.4, 0.5) is 8.78 Å². The molecular weight excluding hydrogens is 318 g/mol. The van der Waals surface area contributed by atoms with Gasteiger partial charge in [-0.05, 0) is 24.6 Å². The van der Waals surface area contributed by atoms with Gasteiger partial charge in [-0.3, -0.25) is 4.79 Å². The number of carbonyl (C=O) groups excluding carboxylic acids is 1. The molecule has 9 heteroatoms. The van der Waals surface area contributed by atoms with Crippen molar-refractivity contribution in [2.75, 3.05) is 26.4 Å². The maximum Gasteiger partial charge on any atom is 0.387 e. The normalized spacial score (nSPS) is 11.7. The molecule has 0 bridgehead atoms. The number of benzene rings is 1. The molecule has 1 rings (SSSR count). The molecule has 124 valence electrons. The molecule has 1 N–H and O–H groups in total. The van der Waals surface area contributed by atoms with E-state index >= 15 is 0 Å². The van der Waals surface area contributed by atoms with E-state index in [4.69, 9.17) is 0 Å². The van der Waals surface area contributed by atoms with E-state index in [1.54, 1.807) is 0 Å². The SMILES string of the molecule is CN(CCCNC(=O)c1cccc(OC(F)F)c1)S(C)(=O)=O. The molecule has 0 aliphatic carbocycles.